The van der Waals surface area contributed by atoms with Crippen LogP contribution in [0.5, 0.6) is 0 Å². The Kier molecular flexibility index (Phi) is 3.13. The Bertz CT molecular complexity index is 648. The molecule has 3 heteroatoms. The van der Waals surface area contributed by atoms with Gasteiger partial charge >= 0.3 is 0 Å². The van der Waals surface area contributed by atoms with Gasteiger partial charge in [0.05, 0.1) is 12.6 Å². The van der Waals surface area contributed by atoms with Gasteiger partial charge in [-0.25, -0.2) is 0 Å². The number of hydrogen-bond donors (Lipinski definition) is 1. The Hall–Kier alpha value is -2.00. The molecule has 0 bridgehead atoms. The van der Waals surface area contributed by atoms with Crippen molar-refractivity contribution < 1.29 is 8.83 Å². The van der Waals surface area contributed by atoms with E-state index in [-0.39, 0.29) is 6.04 Å². The van der Waals surface area contributed by atoms with Crippen LogP contribution in [0.25, 0.3) is 11.0 Å². The zero-order valence-corrected chi connectivity index (χ0v) is 11.1. The van der Waals surface area contributed by atoms with E-state index in [1.807, 2.05) is 37.3 Å². The Morgan fingerprint density at radius 2 is 1.95 bits per heavy atom. The molecule has 1 N–H and O–H groups in total. The molecule has 1 unspecified atom stereocenters. The molecule has 1 atom stereocenters. The van der Waals surface area contributed by atoms with Crippen LogP contribution >= 0.6 is 0 Å². The van der Waals surface area contributed by atoms with Crippen molar-refractivity contribution >= 4 is 11.0 Å². The summed E-state index contributed by atoms with van der Waals surface area (Å²) >= 11 is 0. The first-order valence-electron chi connectivity index (χ1n) is 6.49. The van der Waals surface area contributed by atoms with E-state index in [1.54, 1.807) is 0 Å². The van der Waals surface area contributed by atoms with Crippen LogP contribution in [-0.2, 0) is 6.54 Å². The lowest BCUT2D eigenvalue weighted by Crippen LogP contribution is -2.17. The molecule has 1 aromatic carbocycles. The molecule has 0 aliphatic carbocycles. The molecule has 98 valence electrons. The fourth-order valence-electron chi connectivity index (χ4n) is 2.15. The molecule has 0 saturated heterocycles. The van der Waals surface area contributed by atoms with Crippen molar-refractivity contribution in [3.8, 4) is 0 Å². The summed E-state index contributed by atoms with van der Waals surface area (Å²) in [6, 6.07) is 14.3. The van der Waals surface area contributed by atoms with E-state index in [9.17, 15) is 0 Å². The van der Waals surface area contributed by atoms with E-state index in [0.717, 1.165) is 28.2 Å². The van der Waals surface area contributed by atoms with Gasteiger partial charge < -0.3 is 14.2 Å². The number of rotatable bonds is 4. The maximum atomic E-state index is 5.83. The highest BCUT2D eigenvalue weighted by Crippen LogP contribution is 2.23. The second kappa shape index (κ2) is 4.94. The molecule has 2 aromatic heterocycles. The first-order valence-corrected chi connectivity index (χ1v) is 6.49. The van der Waals surface area contributed by atoms with Gasteiger partial charge in [0.25, 0.3) is 0 Å². The van der Waals surface area contributed by atoms with Crippen molar-refractivity contribution in [1.82, 2.24) is 5.32 Å². The van der Waals surface area contributed by atoms with E-state index in [4.69, 9.17) is 8.83 Å². The molecular formula is C16H17NO2. The minimum absolute atomic E-state index is 0.151. The quantitative estimate of drug-likeness (QED) is 0.759. The van der Waals surface area contributed by atoms with E-state index in [1.165, 1.54) is 0 Å². The number of nitrogens with one attached hydrogen (secondary N) is 1. The van der Waals surface area contributed by atoms with E-state index < -0.39 is 0 Å². The van der Waals surface area contributed by atoms with Crippen LogP contribution < -0.4 is 5.32 Å². The van der Waals surface area contributed by atoms with Crippen molar-refractivity contribution in [3.63, 3.8) is 0 Å². The molecule has 2 heterocycles. The highest BCUT2D eigenvalue weighted by molar-refractivity contribution is 5.77. The van der Waals surface area contributed by atoms with Gasteiger partial charge in [0.1, 0.15) is 22.9 Å². The molecule has 0 aliphatic heterocycles. The Balaban J connectivity index is 1.71. The van der Waals surface area contributed by atoms with Gasteiger partial charge in [0.2, 0.25) is 0 Å². The van der Waals surface area contributed by atoms with Crippen molar-refractivity contribution in [1.29, 1.82) is 0 Å². The summed E-state index contributed by atoms with van der Waals surface area (Å²) in [6.07, 6.45) is 0. The number of furan rings is 2. The van der Waals surface area contributed by atoms with Gasteiger partial charge in [-0.05, 0) is 38.1 Å². The van der Waals surface area contributed by atoms with E-state index in [0.29, 0.717) is 6.54 Å². The molecule has 0 fully saturated rings. The Morgan fingerprint density at radius 1 is 1.11 bits per heavy atom. The van der Waals surface area contributed by atoms with Gasteiger partial charge in [0, 0.05) is 5.39 Å². The summed E-state index contributed by atoms with van der Waals surface area (Å²) in [6.45, 7) is 4.74. The maximum Gasteiger partial charge on any atom is 0.134 e. The van der Waals surface area contributed by atoms with Gasteiger partial charge in [-0.1, -0.05) is 18.2 Å². The largest absolute Gasteiger partial charge is 0.465 e. The van der Waals surface area contributed by atoms with Gasteiger partial charge in [-0.3, -0.25) is 0 Å². The molecule has 3 rings (SSSR count). The lowest BCUT2D eigenvalue weighted by molar-refractivity contribution is 0.412. The lowest BCUT2D eigenvalue weighted by Gasteiger charge is -2.09. The van der Waals surface area contributed by atoms with Crippen LogP contribution in [-0.4, -0.2) is 0 Å². The third-order valence-corrected chi connectivity index (χ3v) is 3.25. The third kappa shape index (κ3) is 2.56. The smallest absolute Gasteiger partial charge is 0.134 e. The average Bonchev–Trinajstić information content (AvgIpc) is 3.01. The molecule has 3 nitrogen and oxygen atoms in total. The second-order valence-electron chi connectivity index (χ2n) is 4.80. The third-order valence-electron chi connectivity index (χ3n) is 3.25. The molecule has 0 aliphatic rings. The first kappa shape index (κ1) is 12.1. The molecule has 0 spiro atoms. The SMILES string of the molecule is Cc1ccc(CNC(C)c2cc3ccccc3o2)o1. The highest BCUT2D eigenvalue weighted by atomic mass is 16.3. The van der Waals surface area contributed by atoms with Crippen LogP contribution in [0.4, 0.5) is 0 Å². The van der Waals surface area contributed by atoms with Gasteiger partial charge in [0.15, 0.2) is 0 Å². The van der Waals surface area contributed by atoms with Crippen molar-refractivity contribution in [2.24, 2.45) is 0 Å². The average molecular weight is 255 g/mol. The zero-order valence-electron chi connectivity index (χ0n) is 11.1. The molecule has 3 aromatic rings. The Morgan fingerprint density at radius 3 is 2.68 bits per heavy atom. The summed E-state index contributed by atoms with van der Waals surface area (Å²) in [5.41, 5.74) is 0.931. The van der Waals surface area contributed by atoms with Crippen LogP contribution in [0.3, 0.4) is 0 Å². The summed E-state index contributed by atoms with van der Waals surface area (Å²) in [7, 11) is 0. The van der Waals surface area contributed by atoms with Crippen molar-refractivity contribution in [2.45, 2.75) is 26.4 Å². The summed E-state index contributed by atoms with van der Waals surface area (Å²) < 4.78 is 11.4. The van der Waals surface area contributed by atoms with Crippen LogP contribution in [0.15, 0.2) is 51.3 Å². The topological polar surface area (TPSA) is 38.3 Å². The van der Waals surface area contributed by atoms with Crippen LogP contribution in [0.1, 0.15) is 30.2 Å². The lowest BCUT2D eigenvalue weighted by atomic mass is 10.2. The molecule has 0 radical (unpaired) electrons. The van der Waals surface area contributed by atoms with E-state index in [2.05, 4.69) is 24.4 Å². The number of aryl methyl sites for hydroxylation is 1. The van der Waals surface area contributed by atoms with E-state index >= 15 is 0 Å². The number of fused-ring (bicyclic) bond motifs is 1. The van der Waals surface area contributed by atoms with Crippen LogP contribution in [0.2, 0.25) is 0 Å². The van der Waals surface area contributed by atoms with Crippen molar-refractivity contribution in [2.75, 3.05) is 0 Å². The molecule has 0 amide bonds. The van der Waals surface area contributed by atoms with Crippen LogP contribution in [0, 0.1) is 6.92 Å². The highest BCUT2D eigenvalue weighted by Gasteiger charge is 2.11. The zero-order chi connectivity index (χ0) is 13.2. The Labute approximate surface area is 112 Å². The number of hydrogen-bond acceptors (Lipinski definition) is 3. The minimum atomic E-state index is 0.151. The summed E-state index contributed by atoms with van der Waals surface area (Å²) in [5.74, 6) is 2.83. The molecule has 19 heavy (non-hydrogen) atoms. The normalized spacial score (nSPS) is 12.9. The summed E-state index contributed by atoms with van der Waals surface area (Å²) in [4.78, 5) is 0. The minimum Gasteiger partial charge on any atom is -0.465 e. The molecule has 0 saturated carbocycles. The predicted octanol–water partition coefficient (Wildman–Crippen LogP) is 4.19. The first-order chi connectivity index (χ1) is 9.22. The summed E-state index contributed by atoms with van der Waals surface area (Å²) in [5, 5.41) is 4.54. The van der Waals surface area contributed by atoms with Gasteiger partial charge in [-0.15, -0.1) is 0 Å². The maximum absolute atomic E-state index is 5.83. The molecular weight excluding hydrogens is 238 g/mol. The number of para-hydroxylation sites is 1. The fourth-order valence-corrected chi connectivity index (χ4v) is 2.15. The monoisotopic (exact) mass is 255 g/mol. The fraction of sp³-hybridized carbons (Fsp3) is 0.250. The van der Waals surface area contributed by atoms with Gasteiger partial charge in [-0.2, -0.15) is 0 Å². The predicted molar refractivity (Wildman–Crippen MR) is 74.9 cm³/mol. The van der Waals surface area contributed by atoms with Crippen molar-refractivity contribution in [3.05, 3.63) is 59.7 Å². The second-order valence-corrected chi connectivity index (χ2v) is 4.80. The standard InChI is InChI=1S/C16H17NO2/c1-11-7-8-14(18-11)10-17-12(2)16-9-13-5-3-4-6-15(13)19-16/h3-9,12,17H,10H2,1-2H3. The number of benzene rings is 1.